The number of nitrogens with zero attached hydrogens (tertiary/aromatic N) is 1. The number of amides is 1. The second kappa shape index (κ2) is 6.80. The second-order valence-electron chi connectivity index (χ2n) is 6.72. The predicted octanol–water partition coefficient (Wildman–Crippen LogP) is 4.47. The van der Waals surface area contributed by atoms with Crippen LogP contribution in [0.15, 0.2) is 71.6 Å². The van der Waals surface area contributed by atoms with Crippen LogP contribution in [0.4, 0.5) is 5.69 Å². The van der Waals surface area contributed by atoms with Gasteiger partial charge >= 0.3 is 0 Å². The Hall–Kier alpha value is -3.12. The van der Waals surface area contributed by atoms with Crippen LogP contribution in [-0.4, -0.2) is 25.1 Å². The first-order valence-corrected chi connectivity index (χ1v) is 10.9. The zero-order valence-corrected chi connectivity index (χ0v) is 16.5. The Morgan fingerprint density at radius 1 is 0.929 bits per heavy atom. The molecule has 3 aromatic carbocycles. The SMILES string of the molecule is CCn1c2ccccc2c2cc(NC(=O)c3ccccc3S(C)(=O)=O)ccc21. The van der Waals surface area contributed by atoms with Gasteiger partial charge in [-0.15, -0.1) is 0 Å². The lowest BCUT2D eigenvalue weighted by atomic mass is 10.1. The first kappa shape index (κ1) is 18.3. The van der Waals surface area contributed by atoms with E-state index in [1.165, 1.54) is 12.1 Å². The van der Waals surface area contributed by atoms with Gasteiger partial charge in [-0.1, -0.05) is 30.3 Å². The third kappa shape index (κ3) is 3.05. The number of anilines is 1. The number of hydrogen-bond acceptors (Lipinski definition) is 3. The van der Waals surface area contributed by atoms with Crippen LogP contribution in [0.5, 0.6) is 0 Å². The van der Waals surface area contributed by atoms with Crippen LogP contribution in [0.2, 0.25) is 0 Å². The highest BCUT2D eigenvalue weighted by Gasteiger charge is 2.18. The minimum absolute atomic E-state index is 0.0242. The Labute approximate surface area is 163 Å². The lowest BCUT2D eigenvalue weighted by Gasteiger charge is -2.09. The fraction of sp³-hybridized carbons (Fsp3) is 0.136. The summed E-state index contributed by atoms with van der Waals surface area (Å²) < 4.78 is 26.2. The molecule has 4 rings (SSSR count). The van der Waals surface area contributed by atoms with Gasteiger partial charge in [-0.25, -0.2) is 8.42 Å². The van der Waals surface area contributed by atoms with Crippen LogP contribution < -0.4 is 5.32 Å². The molecule has 0 aliphatic rings. The van der Waals surface area contributed by atoms with Crippen molar-refractivity contribution in [3.63, 3.8) is 0 Å². The van der Waals surface area contributed by atoms with Gasteiger partial charge in [0.25, 0.3) is 5.91 Å². The van der Waals surface area contributed by atoms with E-state index in [2.05, 4.69) is 28.9 Å². The number of aromatic nitrogens is 1. The molecule has 0 atom stereocenters. The van der Waals surface area contributed by atoms with Gasteiger partial charge < -0.3 is 9.88 Å². The van der Waals surface area contributed by atoms with Crippen molar-refractivity contribution in [3.05, 3.63) is 72.3 Å². The number of rotatable bonds is 4. The van der Waals surface area contributed by atoms with Crippen molar-refractivity contribution in [2.75, 3.05) is 11.6 Å². The smallest absolute Gasteiger partial charge is 0.256 e. The lowest BCUT2D eigenvalue weighted by molar-refractivity contribution is 0.102. The maximum atomic E-state index is 12.8. The van der Waals surface area contributed by atoms with Crippen LogP contribution >= 0.6 is 0 Å². The number of carbonyl (C=O) groups is 1. The highest BCUT2D eigenvalue weighted by Crippen LogP contribution is 2.31. The van der Waals surface area contributed by atoms with Crippen molar-refractivity contribution in [3.8, 4) is 0 Å². The average Bonchev–Trinajstić information content (AvgIpc) is 3.00. The molecule has 0 bridgehead atoms. The third-order valence-corrected chi connectivity index (χ3v) is 6.03. The van der Waals surface area contributed by atoms with Crippen LogP contribution in [0.25, 0.3) is 21.8 Å². The van der Waals surface area contributed by atoms with Gasteiger partial charge in [0, 0.05) is 40.3 Å². The number of benzene rings is 3. The van der Waals surface area contributed by atoms with Crippen molar-refractivity contribution in [1.29, 1.82) is 0 Å². The van der Waals surface area contributed by atoms with Crippen molar-refractivity contribution >= 4 is 43.2 Å². The van der Waals surface area contributed by atoms with Gasteiger partial charge in [-0.05, 0) is 43.3 Å². The van der Waals surface area contributed by atoms with Crippen molar-refractivity contribution in [2.45, 2.75) is 18.4 Å². The summed E-state index contributed by atoms with van der Waals surface area (Å²) in [5, 5.41) is 5.01. The summed E-state index contributed by atoms with van der Waals surface area (Å²) in [7, 11) is -3.50. The van der Waals surface area contributed by atoms with E-state index in [0.29, 0.717) is 5.69 Å². The Morgan fingerprint density at radius 3 is 2.36 bits per heavy atom. The molecule has 0 radical (unpaired) electrons. The molecule has 0 spiro atoms. The average molecular weight is 392 g/mol. The zero-order chi connectivity index (χ0) is 19.9. The van der Waals surface area contributed by atoms with Crippen LogP contribution in [-0.2, 0) is 16.4 Å². The molecule has 0 saturated carbocycles. The largest absolute Gasteiger partial charge is 0.341 e. The van der Waals surface area contributed by atoms with Gasteiger partial charge in [0.1, 0.15) is 0 Å². The number of fused-ring (bicyclic) bond motifs is 3. The summed E-state index contributed by atoms with van der Waals surface area (Å²) in [5.41, 5.74) is 3.00. The van der Waals surface area contributed by atoms with Gasteiger partial charge in [0.05, 0.1) is 10.5 Å². The molecule has 1 aromatic heterocycles. The maximum absolute atomic E-state index is 12.8. The van der Waals surface area contributed by atoms with Crippen LogP contribution in [0, 0.1) is 0 Å². The van der Waals surface area contributed by atoms with E-state index in [0.717, 1.165) is 34.6 Å². The summed E-state index contributed by atoms with van der Waals surface area (Å²) in [6.07, 6.45) is 1.10. The summed E-state index contributed by atoms with van der Waals surface area (Å²) in [4.78, 5) is 12.8. The standard InChI is InChI=1S/C22H20N2O3S/c1-3-24-19-10-6-4-8-16(19)18-14-15(12-13-20(18)24)23-22(25)17-9-5-7-11-21(17)28(2,26)27/h4-14H,3H2,1-2H3,(H,23,25). The van der Waals surface area contributed by atoms with E-state index in [1.54, 1.807) is 12.1 Å². The summed E-state index contributed by atoms with van der Waals surface area (Å²) in [5.74, 6) is -0.445. The van der Waals surface area contributed by atoms with Gasteiger partial charge in [0.15, 0.2) is 9.84 Å². The molecule has 0 unspecified atom stereocenters. The third-order valence-electron chi connectivity index (χ3n) is 4.88. The van der Waals surface area contributed by atoms with Gasteiger partial charge in [0.2, 0.25) is 0 Å². The summed E-state index contributed by atoms with van der Waals surface area (Å²) in [6, 6.07) is 20.1. The topological polar surface area (TPSA) is 68.2 Å². The van der Waals surface area contributed by atoms with E-state index >= 15 is 0 Å². The van der Waals surface area contributed by atoms with Gasteiger partial charge in [-0.3, -0.25) is 4.79 Å². The fourth-order valence-corrected chi connectivity index (χ4v) is 4.53. The van der Waals surface area contributed by atoms with E-state index < -0.39 is 15.7 Å². The van der Waals surface area contributed by atoms with Crippen molar-refractivity contribution in [1.82, 2.24) is 4.57 Å². The molecule has 1 N–H and O–H groups in total. The Balaban J connectivity index is 1.78. The minimum Gasteiger partial charge on any atom is -0.341 e. The highest BCUT2D eigenvalue weighted by molar-refractivity contribution is 7.90. The molecular formula is C22H20N2O3S. The number of hydrogen-bond donors (Lipinski definition) is 1. The molecule has 4 aromatic rings. The number of sulfone groups is 1. The molecule has 0 saturated heterocycles. The molecule has 142 valence electrons. The van der Waals surface area contributed by atoms with Crippen molar-refractivity contribution < 1.29 is 13.2 Å². The fourth-order valence-electron chi connectivity index (χ4n) is 3.65. The molecule has 6 heteroatoms. The maximum Gasteiger partial charge on any atom is 0.256 e. The number of nitrogens with one attached hydrogen (secondary N) is 1. The monoisotopic (exact) mass is 392 g/mol. The highest BCUT2D eigenvalue weighted by atomic mass is 32.2. The lowest BCUT2D eigenvalue weighted by Crippen LogP contribution is -2.16. The van der Waals surface area contributed by atoms with Crippen molar-refractivity contribution in [2.24, 2.45) is 0 Å². The number of aryl methyl sites for hydroxylation is 1. The summed E-state index contributed by atoms with van der Waals surface area (Å²) >= 11 is 0. The first-order valence-electron chi connectivity index (χ1n) is 9.01. The molecule has 0 aliphatic heterocycles. The van der Waals surface area contributed by atoms with Crippen LogP contribution in [0.3, 0.4) is 0 Å². The van der Waals surface area contributed by atoms with Crippen LogP contribution in [0.1, 0.15) is 17.3 Å². The van der Waals surface area contributed by atoms with E-state index in [4.69, 9.17) is 0 Å². The normalized spacial score (nSPS) is 11.8. The molecule has 0 aliphatic carbocycles. The number of carbonyl (C=O) groups excluding carboxylic acids is 1. The van der Waals surface area contributed by atoms with E-state index in [9.17, 15) is 13.2 Å². The quantitative estimate of drug-likeness (QED) is 0.557. The molecule has 28 heavy (non-hydrogen) atoms. The Bertz CT molecular complexity index is 1320. The molecular weight excluding hydrogens is 372 g/mol. The molecule has 1 amide bonds. The molecule has 0 fully saturated rings. The second-order valence-corrected chi connectivity index (χ2v) is 8.70. The Morgan fingerprint density at radius 2 is 1.61 bits per heavy atom. The molecule has 5 nitrogen and oxygen atoms in total. The van der Waals surface area contributed by atoms with E-state index in [-0.39, 0.29) is 10.5 Å². The van der Waals surface area contributed by atoms with E-state index in [1.807, 2.05) is 30.3 Å². The van der Waals surface area contributed by atoms with Gasteiger partial charge in [-0.2, -0.15) is 0 Å². The molecule has 1 heterocycles. The Kier molecular flexibility index (Phi) is 4.43. The first-order chi connectivity index (χ1) is 13.4. The summed E-state index contributed by atoms with van der Waals surface area (Å²) in [6.45, 7) is 2.95. The predicted molar refractivity (Wildman–Crippen MR) is 113 cm³/mol. The minimum atomic E-state index is -3.50. The zero-order valence-electron chi connectivity index (χ0n) is 15.6. The number of para-hydroxylation sites is 1.